The van der Waals surface area contributed by atoms with Crippen molar-refractivity contribution in [1.29, 1.82) is 0 Å². The van der Waals surface area contributed by atoms with E-state index in [0.717, 1.165) is 0 Å². The molecule has 3 fully saturated rings. The van der Waals surface area contributed by atoms with Crippen molar-refractivity contribution in [3.8, 4) is 0 Å². The van der Waals surface area contributed by atoms with E-state index in [1.54, 1.807) is 0 Å². The number of alkyl halides is 3. The number of hydrogen-bond donors (Lipinski definition) is 0. The third kappa shape index (κ3) is 1.65. The van der Waals surface area contributed by atoms with Crippen LogP contribution in [-0.4, -0.2) is 43.2 Å². The lowest BCUT2D eigenvalue weighted by Gasteiger charge is -2.24. The highest BCUT2D eigenvalue weighted by atomic mass is 19.4. The van der Waals surface area contributed by atoms with Crippen molar-refractivity contribution >= 4 is 5.97 Å². The highest BCUT2D eigenvalue weighted by molar-refractivity contribution is 5.89. The minimum Gasteiger partial charge on any atom is -0.453 e. The first-order valence-electron chi connectivity index (χ1n) is 5.62. The average Bonchev–Trinajstić information content (AvgIpc) is 2.86. The number of ether oxygens (including phenoxy) is 3. The van der Waals surface area contributed by atoms with Gasteiger partial charge in [-0.3, -0.25) is 0 Å². The molecule has 100 valence electrons. The van der Waals surface area contributed by atoms with Crippen molar-refractivity contribution in [2.75, 3.05) is 6.61 Å². The second kappa shape index (κ2) is 3.71. The Bertz CT molecular complexity index is 404. The topological polar surface area (TPSA) is 44.8 Å². The van der Waals surface area contributed by atoms with E-state index < -0.39 is 29.9 Å². The van der Waals surface area contributed by atoms with Gasteiger partial charge in [0.1, 0.15) is 11.7 Å². The average molecular weight is 264 g/mol. The summed E-state index contributed by atoms with van der Waals surface area (Å²) in [6.45, 7) is 3.22. The van der Waals surface area contributed by atoms with E-state index in [4.69, 9.17) is 14.2 Å². The van der Waals surface area contributed by atoms with Crippen LogP contribution in [0.1, 0.15) is 6.42 Å². The molecular weight excluding hydrogens is 253 g/mol. The molecule has 0 saturated carbocycles. The Hall–Kier alpha value is -1.08. The molecule has 0 amide bonds. The molecular formula is C11H11F3O4. The van der Waals surface area contributed by atoms with E-state index in [2.05, 4.69) is 6.58 Å². The molecule has 5 atom stereocenters. The van der Waals surface area contributed by atoms with Crippen molar-refractivity contribution in [2.45, 2.75) is 37.0 Å². The lowest BCUT2D eigenvalue weighted by atomic mass is 9.88. The highest BCUT2D eigenvalue weighted by Gasteiger charge is 2.60. The molecule has 5 unspecified atom stereocenters. The maximum absolute atomic E-state index is 12.3. The molecule has 3 aliphatic rings. The molecule has 3 saturated heterocycles. The zero-order valence-electron chi connectivity index (χ0n) is 9.27. The van der Waals surface area contributed by atoms with Gasteiger partial charge in [0.15, 0.2) is 6.10 Å². The van der Waals surface area contributed by atoms with Crippen LogP contribution in [0.4, 0.5) is 13.2 Å². The van der Waals surface area contributed by atoms with Crippen molar-refractivity contribution in [2.24, 2.45) is 5.92 Å². The molecule has 2 bridgehead atoms. The number of carbonyl (C=O) groups is 1. The molecule has 3 aliphatic heterocycles. The zero-order chi connectivity index (χ0) is 13.1. The third-order valence-corrected chi connectivity index (χ3v) is 3.68. The van der Waals surface area contributed by atoms with Gasteiger partial charge < -0.3 is 14.2 Å². The Morgan fingerprint density at radius 1 is 1.33 bits per heavy atom. The fourth-order valence-corrected chi connectivity index (χ4v) is 2.80. The summed E-state index contributed by atoms with van der Waals surface area (Å²) in [5, 5.41) is 0. The molecule has 3 rings (SSSR count). The highest BCUT2D eigenvalue weighted by Crippen LogP contribution is 2.47. The third-order valence-electron chi connectivity index (χ3n) is 3.68. The Labute approximate surface area is 101 Å². The standard InChI is InChI=1S/C11H11F3O4/c1-4(11(12,13)14)10(15)18-8-6-2-5-3-16-9(8)7(5)17-6/h5-9H,1-3H2. The zero-order valence-corrected chi connectivity index (χ0v) is 9.27. The molecule has 0 radical (unpaired) electrons. The quantitative estimate of drug-likeness (QED) is 0.555. The summed E-state index contributed by atoms with van der Waals surface area (Å²) in [5.41, 5.74) is -1.50. The molecule has 0 aromatic carbocycles. The van der Waals surface area contributed by atoms with Crippen LogP contribution in [0.15, 0.2) is 12.2 Å². The largest absolute Gasteiger partial charge is 0.453 e. The van der Waals surface area contributed by atoms with E-state index in [1.807, 2.05) is 0 Å². The van der Waals surface area contributed by atoms with Gasteiger partial charge in [-0.1, -0.05) is 6.58 Å². The van der Waals surface area contributed by atoms with Crippen molar-refractivity contribution in [3.05, 3.63) is 12.2 Å². The molecule has 7 heteroatoms. The Morgan fingerprint density at radius 3 is 2.72 bits per heavy atom. The molecule has 0 aromatic heterocycles. The van der Waals surface area contributed by atoms with Crippen LogP contribution in [0.3, 0.4) is 0 Å². The van der Waals surface area contributed by atoms with Crippen molar-refractivity contribution in [3.63, 3.8) is 0 Å². The van der Waals surface area contributed by atoms with Crippen molar-refractivity contribution < 1.29 is 32.2 Å². The fraction of sp³-hybridized carbons (Fsp3) is 0.727. The van der Waals surface area contributed by atoms with Crippen LogP contribution in [0.5, 0.6) is 0 Å². The SMILES string of the molecule is C=C(C(=O)OC1C2CC3COC1C3O2)C(F)(F)F. The summed E-state index contributed by atoms with van der Waals surface area (Å²) in [6.07, 6.45) is -5.78. The molecule has 0 aliphatic carbocycles. The van der Waals surface area contributed by atoms with Crippen LogP contribution in [-0.2, 0) is 19.0 Å². The second-order valence-electron chi connectivity index (χ2n) is 4.78. The van der Waals surface area contributed by atoms with Crippen LogP contribution in [0.25, 0.3) is 0 Å². The number of hydrogen-bond acceptors (Lipinski definition) is 4. The Kier molecular flexibility index (Phi) is 2.47. The van der Waals surface area contributed by atoms with Gasteiger partial charge in [-0.15, -0.1) is 0 Å². The maximum Gasteiger partial charge on any atom is 0.422 e. The van der Waals surface area contributed by atoms with Gasteiger partial charge in [-0.05, 0) is 6.42 Å². The number of esters is 1. The molecule has 4 nitrogen and oxygen atoms in total. The lowest BCUT2D eigenvalue weighted by Crippen LogP contribution is -2.41. The summed E-state index contributed by atoms with van der Waals surface area (Å²) in [4.78, 5) is 11.3. The van der Waals surface area contributed by atoms with Crippen LogP contribution in [0, 0.1) is 5.92 Å². The molecule has 0 aromatic rings. The minimum absolute atomic E-state index is 0.146. The molecule has 0 N–H and O–H groups in total. The van der Waals surface area contributed by atoms with E-state index in [9.17, 15) is 18.0 Å². The van der Waals surface area contributed by atoms with Gasteiger partial charge in [-0.2, -0.15) is 13.2 Å². The number of carbonyl (C=O) groups excluding carboxylic acids is 1. The number of fused-ring (bicyclic) bond motifs is 1. The van der Waals surface area contributed by atoms with Gasteiger partial charge in [0.25, 0.3) is 0 Å². The minimum atomic E-state index is -4.77. The fourth-order valence-electron chi connectivity index (χ4n) is 2.80. The summed E-state index contributed by atoms with van der Waals surface area (Å²) in [6, 6.07) is 0. The lowest BCUT2D eigenvalue weighted by molar-refractivity contribution is -0.161. The van der Waals surface area contributed by atoms with E-state index in [1.165, 1.54) is 0 Å². The van der Waals surface area contributed by atoms with Gasteiger partial charge in [0, 0.05) is 5.92 Å². The molecule has 3 heterocycles. The Morgan fingerprint density at radius 2 is 2.06 bits per heavy atom. The maximum atomic E-state index is 12.3. The molecule has 18 heavy (non-hydrogen) atoms. The van der Waals surface area contributed by atoms with Gasteiger partial charge >= 0.3 is 12.1 Å². The van der Waals surface area contributed by atoms with E-state index in [-0.39, 0.29) is 18.1 Å². The summed E-state index contributed by atoms with van der Waals surface area (Å²) < 4.78 is 52.6. The predicted octanol–water partition coefficient (Wildman–Crippen LogP) is 1.20. The Balaban J connectivity index is 1.68. The van der Waals surface area contributed by atoms with Crippen LogP contribution in [0.2, 0.25) is 0 Å². The molecule has 0 spiro atoms. The van der Waals surface area contributed by atoms with Crippen LogP contribution >= 0.6 is 0 Å². The van der Waals surface area contributed by atoms with Gasteiger partial charge in [0.2, 0.25) is 0 Å². The first-order chi connectivity index (χ1) is 8.38. The van der Waals surface area contributed by atoms with Gasteiger partial charge in [0.05, 0.1) is 18.8 Å². The first kappa shape index (κ1) is 12.0. The second-order valence-corrected chi connectivity index (χ2v) is 4.78. The normalized spacial score (nSPS) is 41.2. The van der Waals surface area contributed by atoms with Gasteiger partial charge in [-0.25, -0.2) is 4.79 Å². The monoisotopic (exact) mass is 264 g/mol. The van der Waals surface area contributed by atoms with Crippen molar-refractivity contribution in [1.82, 2.24) is 0 Å². The number of rotatable bonds is 2. The summed E-state index contributed by atoms with van der Waals surface area (Å²) in [5.74, 6) is -1.17. The first-order valence-corrected chi connectivity index (χ1v) is 5.62. The van der Waals surface area contributed by atoms with E-state index >= 15 is 0 Å². The predicted molar refractivity (Wildman–Crippen MR) is 51.6 cm³/mol. The smallest absolute Gasteiger partial charge is 0.422 e. The number of halogens is 3. The van der Waals surface area contributed by atoms with Crippen LogP contribution < -0.4 is 0 Å². The summed E-state index contributed by atoms with van der Waals surface area (Å²) in [7, 11) is 0. The summed E-state index contributed by atoms with van der Waals surface area (Å²) >= 11 is 0. The van der Waals surface area contributed by atoms with E-state index in [0.29, 0.717) is 13.0 Å².